The molecule has 0 bridgehead atoms. The van der Waals surface area contributed by atoms with Gasteiger partial charge in [0.15, 0.2) is 5.58 Å². The molecule has 2 nitrogen and oxygen atoms in total. The standard InChI is InChI=1S/C56H37NO/c1-5-16-38(17-6-1)43-30-44(39-18-7-2-8-19-39)33-47(32-43)42-28-29-53-51(36-42)52(37-57(53)54-26-15-25-50-49-24-13-14-27-55(49)58-56(50)54)48-34-45(40-20-9-3-10-21-40)31-46(35-48)41-22-11-4-12-23-41/h1-37H. The first-order valence-corrected chi connectivity index (χ1v) is 19.8. The maximum atomic E-state index is 6.64. The molecule has 11 rings (SSSR count). The van der Waals surface area contributed by atoms with Gasteiger partial charge in [-0.2, -0.15) is 0 Å². The topological polar surface area (TPSA) is 18.1 Å². The van der Waals surface area contributed by atoms with Crippen LogP contribution in [0.2, 0.25) is 0 Å². The van der Waals surface area contributed by atoms with E-state index in [1.54, 1.807) is 0 Å². The van der Waals surface area contributed by atoms with Crippen LogP contribution in [0.25, 0.3) is 105 Å². The van der Waals surface area contributed by atoms with Gasteiger partial charge in [-0.05, 0) is 122 Å². The third kappa shape index (κ3) is 6.00. The second-order valence-electron chi connectivity index (χ2n) is 15.0. The van der Waals surface area contributed by atoms with Crippen LogP contribution >= 0.6 is 0 Å². The quantitative estimate of drug-likeness (QED) is 0.159. The van der Waals surface area contributed by atoms with Gasteiger partial charge in [-0.25, -0.2) is 0 Å². The Labute approximate surface area is 337 Å². The van der Waals surface area contributed by atoms with E-state index in [4.69, 9.17) is 4.42 Å². The molecule has 2 aromatic heterocycles. The molecule has 0 atom stereocenters. The Morgan fingerprint density at radius 2 is 0.741 bits per heavy atom. The number of para-hydroxylation sites is 2. The van der Waals surface area contributed by atoms with Crippen molar-refractivity contribution in [2.45, 2.75) is 0 Å². The molecule has 0 unspecified atom stereocenters. The first-order chi connectivity index (χ1) is 28.7. The average molecular weight is 740 g/mol. The van der Waals surface area contributed by atoms with Crippen LogP contribution < -0.4 is 0 Å². The van der Waals surface area contributed by atoms with Gasteiger partial charge in [0.25, 0.3) is 0 Å². The molecule has 0 fully saturated rings. The van der Waals surface area contributed by atoms with E-state index in [-0.39, 0.29) is 0 Å². The molecule has 0 N–H and O–H groups in total. The molecule has 0 aliphatic carbocycles. The lowest BCUT2D eigenvalue weighted by molar-refractivity contribution is 0.666. The summed E-state index contributed by atoms with van der Waals surface area (Å²) in [6.45, 7) is 0. The monoisotopic (exact) mass is 739 g/mol. The molecule has 2 heterocycles. The zero-order valence-electron chi connectivity index (χ0n) is 31.7. The number of fused-ring (bicyclic) bond motifs is 4. The fraction of sp³-hybridized carbons (Fsp3) is 0. The molecule has 2 heteroatoms. The summed E-state index contributed by atoms with van der Waals surface area (Å²) in [5, 5.41) is 3.40. The zero-order chi connectivity index (χ0) is 38.4. The third-order valence-electron chi connectivity index (χ3n) is 11.4. The Morgan fingerprint density at radius 3 is 1.28 bits per heavy atom. The maximum absolute atomic E-state index is 6.64. The number of aromatic nitrogens is 1. The fourth-order valence-corrected chi connectivity index (χ4v) is 8.53. The summed E-state index contributed by atoms with van der Waals surface area (Å²) in [4.78, 5) is 0. The van der Waals surface area contributed by atoms with Crippen molar-refractivity contribution in [3.63, 3.8) is 0 Å². The number of benzene rings is 9. The molecular weight excluding hydrogens is 703 g/mol. The van der Waals surface area contributed by atoms with Gasteiger partial charge in [0.1, 0.15) is 5.58 Å². The normalized spacial score (nSPS) is 11.4. The Morgan fingerprint density at radius 1 is 0.293 bits per heavy atom. The Balaban J connectivity index is 1.18. The summed E-state index contributed by atoms with van der Waals surface area (Å²) in [5.41, 5.74) is 18.0. The summed E-state index contributed by atoms with van der Waals surface area (Å²) in [5.74, 6) is 0. The van der Waals surface area contributed by atoms with Gasteiger partial charge in [-0.3, -0.25) is 0 Å². The molecule has 0 saturated carbocycles. The molecule has 0 aliphatic rings. The zero-order valence-corrected chi connectivity index (χ0v) is 31.7. The Kier molecular flexibility index (Phi) is 8.19. The van der Waals surface area contributed by atoms with Gasteiger partial charge in [-0.15, -0.1) is 0 Å². The largest absolute Gasteiger partial charge is 0.454 e. The van der Waals surface area contributed by atoms with Crippen LogP contribution in [0.15, 0.2) is 229 Å². The van der Waals surface area contributed by atoms with Crippen LogP contribution in [0.3, 0.4) is 0 Å². The lowest BCUT2D eigenvalue weighted by Gasteiger charge is -2.13. The Bertz CT molecular complexity index is 3130. The molecule has 0 aliphatic heterocycles. The van der Waals surface area contributed by atoms with Crippen LogP contribution in [-0.2, 0) is 0 Å². The first kappa shape index (κ1) is 33.6. The number of nitrogens with zero attached hydrogens (tertiary/aromatic N) is 1. The fourth-order valence-electron chi connectivity index (χ4n) is 8.53. The van der Waals surface area contributed by atoms with E-state index >= 15 is 0 Å². The van der Waals surface area contributed by atoms with Crippen molar-refractivity contribution >= 4 is 32.8 Å². The lowest BCUT2D eigenvalue weighted by atomic mass is 9.91. The highest BCUT2D eigenvalue weighted by Crippen LogP contribution is 2.42. The molecule has 0 saturated heterocycles. The highest BCUT2D eigenvalue weighted by Gasteiger charge is 2.19. The van der Waals surface area contributed by atoms with Gasteiger partial charge in [0.2, 0.25) is 0 Å². The predicted molar refractivity (Wildman–Crippen MR) is 243 cm³/mol. The summed E-state index contributed by atoms with van der Waals surface area (Å²) in [6.07, 6.45) is 2.31. The molecule has 0 spiro atoms. The maximum Gasteiger partial charge on any atom is 0.159 e. The van der Waals surface area contributed by atoms with Gasteiger partial charge >= 0.3 is 0 Å². The van der Waals surface area contributed by atoms with Crippen molar-refractivity contribution in [3.8, 4) is 72.4 Å². The molecule has 11 aromatic rings. The van der Waals surface area contributed by atoms with E-state index in [0.29, 0.717) is 0 Å². The number of hydrogen-bond donors (Lipinski definition) is 0. The molecule has 272 valence electrons. The predicted octanol–water partition coefficient (Wildman–Crippen LogP) is 15.5. The molecule has 58 heavy (non-hydrogen) atoms. The van der Waals surface area contributed by atoms with E-state index < -0.39 is 0 Å². The van der Waals surface area contributed by atoms with Crippen LogP contribution in [0, 0.1) is 0 Å². The Hall–Kier alpha value is -7.68. The van der Waals surface area contributed by atoms with Crippen molar-refractivity contribution in [3.05, 3.63) is 225 Å². The molecule has 0 radical (unpaired) electrons. The first-order valence-electron chi connectivity index (χ1n) is 19.8. The van der Waals surface area contributed by atoms with E-state index in [1.165, 1.54) is 55.5 Å². The minimum Gasteiger partial charge on any atom is -0.454 e. The number of furan rings is 1. The van der Waals surface area contributed by atoms with Crippen LogP contribution in [0.1, 0.15) is 0 Å². The van der Waals surface area contributed by atoms with Crippen LogP contribution in [0.4, 0.5) is 0 Å². The number of rotatable bonds is 7. The minimum absolute atomic E-state index is 0.877. The summed E-state index contributed by atoms with van der Waals surface area (Å²) < 4.78 is 8.96. The second-order valence-corrected chi connectivity index (χ2v) is 15.0. The molecular formula is C56H37NO. The van der Waals surface area contributed by atoms with Crippen molar-refractivity contribution in [1.29, 1.82) is 0 Å². The van der Waals surface area contributed by atoms with E-state index in [0.717, 1.165) is 49.8 Å². The summed E-state index contributed by atoms with van der Waals surface area (Å²) in [6, 6.07) is 78.5. The van der Waals surface area contributed by atoms with Gasteiger partial charge < -0.3 is 8.98 Å². The SMILES string of the molecule is c1ccc(-c2cc(-c3ccccc3)cc(-c3ccc4c(c3)c(-c3cc(-c5ccccc5)cc(-c5ccccc5)c3)cn4-c3cccc4c3oc3ccccc34)c2)cc1. The smallest absolute Gasteiger partial charge is 0.159 e. The molecule has 0 amide bonds. The van der Waals surface area contributed by atoms with Gasteiger partial charge in [0, 0.05) is 27.9 Å². The van der Waals surface area contributed by atoms with E-state index in [2.05, 4.69) is 223 Å². The minimum atomic E-state index is 0.877. The summed E-state index contributed by atoms with van der Waals surface area (Å²) in [7, 11) is 0. The van der Waals surface area contributed by atoms with E-state index in [9.17, 15) is 0 Å². The summed E-state index contributed by atoms with van der Waals surface area (Å²) >= 11 is 0. The van der Waals surface area contributed by atoms with Crippen molar-refractivity contribution in [2.75, 3.05) is 0 Å². The van der Waals surface area contributed by atoms with Crippen molar-refractivity contribution < 1.29 is 4.42 Å². The van der Waals surface area contributed by atoms with Gasteiger partial charge in [0.05, 0.1) is 11.2 Å². The number of hydrogen-bond acceptors (Lipinski definition) is 1. The van der Waals surface area contributed by atoms with Gasteiger partial charge in [-0.1, -0.05) is 158 Å². The lowest BCUT2D eigenvalue weighted by Crippen LogP contribution is -1.92. The van der Waals surface area contributed by atoms with Crippen molar-refractivity contribution in [1.82, 2.24) is 4.57 Å². The highest BCUT2D eigenvalue weighted by atomic mass is 16.3. The average Bonchev–Trinajstić information content (AvgIpc) is 3.89. The van der Waals surface area contributed by atoms with Crippen LogP contribution in [0.5, 0.6) is 0 Å². The van der Waals surface area contributed by atoms with Crippen LogP contribution in [-0.4, -0.2) is 4.57 Å². The third-order valence-corrected chi connectivity index (χ3v) is 11.4. The molecule has 9 aromatic carbocycles. The second kappa shape index (κ2) is 14.1. The highest BCUT2D eigenvalue weighted by molar-refractivity contribution is 6.09. The van der Waals surface area contributed by atoms with Crippen molar-refractivity contribution in [2.24, 2.45) is 0 Å². The van der Waals surface area contributed by atoms with E-state index in [1.807, 2.05) is 6.07 Å².